The summed E-state index contributed by atoms with van der Waals surface area (Å²) >= 11 is 1.35. The zero-order chi connectivity index (χ0) is 13.0. The summed E-state index contributed by atoms with van der Waals surface area (Å²) in [6, 6.07) is 0. The maximum atomic E-state index is 12.4. The lowest BCUT2D eigenvalue weighted by Gasteiger charge is -2.35. The van der Waals surface area contributed by atoms with Gasteiger partial charge in [0.25, 0.3) is 7.15 Å². The average Bonchev–Trinajstić information content (AvgIpc) is 2.28. The van der Waals surface area contributed by atoms with Crippen molar-refractivity contribution >= 4 is 18.5 Å². The van der Waals surface area contributed by atoms with E-state index in [2.05, 4.69) is 11.8 Å². The highest BCUT2D eigenvalue weighted by molar-refractivity contribution is 8.57. The number of nitrogens with zero attached hydrogens (tertiary/aromatic N) is 1. The molecule has 2 saturated heterocycles. The van der Waals surface area contributed by atoms with Crippen molar-refractivity contribution in [1.82, 2.24) is 4.90 Å². The molecule has 2 fully saturated rings. The molecule has 3 atom stereocenters. The van der Waals surface area contributed by atoms with E-state index in [1.54, 1.807) is 0 Å². The van der Waals surface area contributed by atoms with Crippen LogP contribution in [0.25, 0.3) is 0 Å². The lowest BCUT2D eigenvalue weighted by Crippen LogP contribution is -2.40. The molecule has 106 valence electrons. The summed E-state index contributed by atoms with van der Waals surface area (Å²) in [7, 11) is -2.93. The van der Waals surface area contributed by atoms with Gasteiger partial charge >= 0.3 is 0 Å². The van der Waals surface area contributed by atoms with E-state index >= 15 is 0 Å². The molecule has 0 amide bonds. The Labute approximate surface area is 113 Å². The molecule has 0 spiro atoms. The quantitative estimate of drug-likeness (QED) is 0.729. The molecule has 2 heterocycles. The van der Waals surface area contributed by atoms with Gasteiger partial charge in [0.1, 0.15) is 6.10 Å². The standard InChI is InChI=1S/C11H22NO4PS/c1-10-3-6-15-17(13,16-10)18-11(2)9-12-4-7-14-8-5-12/h10-11H,3-9H2,1-2H3. The van der Waals surface area contributed by atoms with E-state index in [1.165, 1.54) is 11.4 Å². The molecule has 0 N–H and O–H groups in total. The van der Waals surface area contributed by atoms with Gasteiger partial charge in [0.15, 0.2) is 0 Å². The molecule has 5 nitrogen and oxygen atoms in total. The van der Waals surface area contributed by atoms with Crippen molar-refractivity contribution in [1.29, 1.82) is 0 Å². The number of morpholine rings is 1. The monoisotopic (exact) mass is 295 g/mol. The minimum Gasteiger partial charge on any atom is -0.622 e. The van der Waals surface area contributed by atoms with Crippen LogP contribution in [0.1, 0.15) is 20.3 Å². The van der Waals surface area contributed by atoms with E-state index in [9.17, 15) is 4.89 Å². The summed E-state index contributed by atoms with van der Waals surface area (Å²) in [5.74, 6) is 0. The van der Waals surface area contributed by atoms with Crippen LogP contribution < -0.4 is 4.89 Å². The van der Waals surface area contributed by atoms with Gasteiger partial charge in [-0.2, -0.15) is 9.05 Å². The van der Waals surface area contributed by atoms with E-state index in [-0.39, 0.29) is 11.4 Å². The molecule has 0 aromatic heterocycles. The maximum Gasteiger partial charge on any atom is 0.299 e. The molecule has 7 heteroatoms. The maximum absolute atomic E-state index is 12.4. The predicted octanol–water partition coefficient (Wildman–Crippen LogP) is 1.30. The first-order valence-corrected chi connectivity index (χ1v) is 9.52. The Morgan fingerprint density at radius 1 is 1.39 bits per heavy atom. The van der Waals surface area contributed by atoms with Crippen molar-refractivity contribution in [3.63, 3.8) is 0 Å². The minimum atomic E-state index is -2.93. The van der Waals surface area contributed by atoms with Gasteiger partial charge in [-0.1, -0.05) is 0 Å². The molecule has 0 bridgehead atoms. The number of hydrogen-bond donors (Lipinski definition) is 0. The highest BCUT2D eigenvalue weighted by Crippen LogP contribution is 2.68. The van der Waals surface area contributed by atoms with Crippen LogP contribution >= 0.6 is 18.5 Å². The van der Waals surface area contributed by atoms with E-state index < -0.39 is 7.15 Å². The summed E-state index contributed by atoms with van der Waals surface area (Å²) < 4.78 is 16.1. The first kappa shape index (κ1) is 15.0. The topological polar surface area (TPSA) is 54.0 Å². The fourth-order valence-electron chi connectivity index (χ4n) is 2.09. The SMILES string of the molecule is CC1CCO[P+]([O-])(SC(C)CN2CCOCC2)O1. The fraction of sp³-hybridized carbons (Fsp3) is 1.00. The van der Waals surface area contributed by atoms with Gasteiger partial charge in [0.2, 0.25) is 0 Å². The zero-order valence-corrected chi connectivity index (χ0v) is 12.8. The van der Waals surface area contributed by atoms with Gasteiger partial charge in [0, 0.05) is 26.1 Å². The second-order valence-electron chi connectivity index (χ2n) is 4.81. The summed E-state index contributed by atoms with van der Waals surface area (Å²) in [6.07, 6.45) is 0.857. The lowest BCUT2D eigenvalue weighted by atomic mass is 10.3. The first-order chi connectivity index (χ1) is 8.57. The Hall–Kier alpha value is 0.580. The molecule has 0 radical (unpaired) electrons. The Bertz CT molecular complexity index is 267. The number of hydrogen-bond acceptors (Lipinski definition) is 6. The van der Waals surface area contributed by atoms with Gasteiger partial charge in [-0.05, 0) is 13.8 Å². The molecule has 0 aromatic carbocycles. The third-order valence-corrected chi connectivity index (χ3v) is 7.32. The van der Waals surface area contributed by atoms with Crippen LogP contribution in [0.4, 0.5) is 0 Å². The number of ether oxygens (including phenoxy) is 1. The molecule has 2 rings (SSSR count). The van der Waals surface area contributed by atoms with Crippen LogP contribution in [0, 0.1) is 0 Å². The van der Waals surface area contributed by atoms with Crippen molar-refractivity contribution in [3.05, 3.63) is 0 Å². The molecular formula is C11H22NO4PS. The normalized spacial score (nSPS) is 36.5. The Morgan fingerprint density at radius 3 is 2.78 bits per heavy atom. The number of rotatable bonds is 4. The van der Waals surface area contributed by atoms with Gasteiger partial charge in [-0.15, -0.1) is 0 Å². The van der Waals surface area contributed by atoms with Crippen LogP contribution in [-0.4, -0.2) is 55.7 Å². The predicted molar refractivity (Wildman–Crippen MR) is 72.3 cm³/mol. The van der Waals surface area contributed by atoms with Crippen molar-refractivity contribution in [3.8, 4) is 0 Å². The average molecular weight is 295 g/mol. The van der Waals surface area contributed by atoms with Crippen molar-refractivity contribution in [2.45, 2.75) is 31.6 Å². The summed E-state index contributed by atoms with van der Waals surface area (Å²) in [5.41, 5.74) is 0. The molecule has 18 heavy (non-hydrogen) atoms. The van der Waals surface area contributed by atoms with Crippen molar-refractivity contribution in [2.24, 2.45) is 0 Å². The van der Waals surface area contributed by atoms with E-state index in [4.69, 9.17) is 13.8 Å². The zero-order valence-electron chi connectivity index (χ0n) is 11.0. The molecule has 0 aliphatic carbocycles. The summed E-state index contributed by atoms with van der Waals surface area (Å²) in [6.45, 7) is 8.95. The van der Waals surface area contributed by atoms with Crippen LogP contribution in [0.15, 0.2) is 0 Å². The van der Waals surface area contributed by atoms with Gasteiger partial charge in [0.05, 0.1) is 36.5 Å². The molecule has 3 unspecified atom stereocenters. The van der Waals surface area contributed by atoms with E-state index in [0.717, 1.165) is 39.3 Å². The third kappa shape index (κ3) is 4.60. The summed E-state index contributed by atoms with van der Waals surface area (Å²) in [5, 5.41) is 0.235. The molecular weight excluding hydrogens is 273 g/mol. The Morgan fingerprint density at radius 2 is 2.11 bits per heavy atom. The third-order valence-electron chi connectivity index (χ3n) is 3.01. The molecule has 2 aliphatic heterocycles. The fourth-order valence-corrected chi connectivity index (χ4v) is 6.37. The molecule has 0 aromatic rings. The van der Waals surface area contributed by atoms with E-state index in [1.807, 2.05) is 6.92 Å². The van der Waals surface area contributed by atoms with Gasteiger partial charge in [-0.3, -0.25) is 4.90 Å². The summed E-state index contributed by atoms with van der Waals surface area (Å²) in [4.78, 5) is 14.7. The Kier molecular flexibility index (Phi) is 5.69. The van der Waals surface area contributed by atoms with Gasteiger partial charge in [-0.25, -0.2) is 0 Å². The van der Waals surface area contributed by atoms with Crippen LogP contribution in [0.3, 0.4) is 0 Å². The Balaban J connectivity index is 1.76. The van der Waals surface area contributed by atoms with E-state index in [0.29, 0.717) is 6.61 Å². The highest BCUT2D eigenvalue weighted by atomic mass is 32.7. The van der Waals surface area contributed by atoms with Crippen molar-refractivity contribution in [2.75, 3.05) is 39.5 Å². The van der Waals surface area contributed by atoms with Crippen molar-refractivity contribution < 1.29 is 18.7 Å². The second-order valence-corrected chi connectivity index (χ2v) is 9.17. The van der Waals surface area contributed by atoms with Crippen LogP contribution in [-0.2, 0) is 13.8 Å². The lowest BCUT2D eigenvalue weighted by molar-refractivity contribution is -0.219. The van der Waals surface area contributed by atoms with Gasteiger partial charge < -0.3 is 9.63 Å². The second kappa shape index (κ2) is 6.84. The minimum absolute atomic E-state index is 0.0349. The largest absolute Gasteiger partial charge is 0.622 e. The molecule has 2 aliphatic rings. The van der Waals surface area contributed by atoms with Crippen LogP contribution in [0.2, 0.25) is 0 Å². The van der Waals surface area contributed by atoms with Crippen LogP contribution in [0.5, 0.6) is 0 Å². The molecule has 0 saturated carbocycles. The highest BCUT2D eigenvalue weighted by Gasteiger charge is 2.40. The smallest absolute Gasteiger partial charge is 0.299 e. The first-order valence-electron chi connectivity index (χ1n) is 6.49.